The van der Waals surface area contributed by atoms with Crippen molar-refractivity contribution in [3.05, 3.63) is 36.1 Å². The van der Waals surface area contributed by atoms with E-state index in [0.717, 1.165) is 17.1 Å². The van der Waals surface area contributed by atoms with Crippen molar-refractivity contribution in [2.24, 2.45) is 0 Å². The summed E-state index contributed by atoms with van der Waals surface area (Å²) in [6, 6.07) is 5.78. The molecule has 0 spiro atoms. The molecule has 1 aromatic carbocycles. The Labute approximate surface area is 81.9 Å². The second-order valence-electron chi connectivity index (χ2n) is 3.37. The standard InChI is InChI=1S/C11H10O3/c1-12-7-2-3-9-8(6-7)11-10(14-9)4-5-13-11/h2-6,10-11H,1H3/t10-,11-/m1/s1. The van der Waals surface area contributed by atoms with E-state index in [4.69, 9.17) is 14.2 Å². The summed E-state index contributed by atoms with van der Waals surface area (Å²) in [5.41, 5.74) is 1.07. The van der Waals surface area contributed by atoms with Gasteiger partial charge in [0.1, 0.15) is 11.5 Å². The quantitative estimate of drug-likeness (QED) is 0.678. The molecular formula is C11H10O3. The zero-order valence-electron chi connectivity index (χ0n) is 7.77. The van der Waals surface area contributed by atoms with E-state index in [1.54, 1.807) is 13.4 Å². The number of methoxy groups -OCH3 is 1. The van der Waals surface area contributed by atoms with E-state index in [1.807, 2.05) is 24.3 Å². The molecule has 3 rings (SSSR count). The van der Waals surface area contributed by atoms with Gasteiger partial charge in [-0.15, -0.1) is 0 Å². The highest BCUT2D eigenvalue weighted by atomic mass is 16.6. The third-order valence-electron chi connectivity index (χ3n) is 2.58. The van der Waals surface area contributed by atoms with Crippen molar-refractivity contribution in [2.45, 2.75) is 12.2 Å². The number of fused-ring (bicyclic) bond motifs is 3. The highest BCUT2D eigenvalue weighted by Crippen LogP contribution is 2.43. The smallest absolute Gasteiger partial charge is 0.167 e. The number of hydrogen-bond acceptors (Lipinski definition) is 3. The highest BCUT2D eigenvalue weighted by Gasteiger charge is 2.37. The van der Waals surface area contributed by atoms with Crippen molar-refractivity contribution in [3.8, 4) is 11.5 Å². The normalized spacial score (nSPS) is 26.4. The summed E-state index contributed by atoms with van der Waals surface area (Å²) in [6.45, 7) is 0. The lowest BCUT2D eigenvalue weighted by Crippen LogP contribution is -2.11. The number of hydrogen-bond donors (Lipinski definition) is 0. The van der Waals surface area contributed by atoms with Gasteiger partial charge in [0.05, 0.1) is 13.4 Å². The van der Waals surface area contributed by atoms with E-state index in [2.05, 4.69) is 0 Å². The topological polar surface area (TPSA) is 27.7 Å². The van der Waals surface area contributed by atoms with Gasteiger partial charge in [0.25, 0.3) is 0 Å². The Morgan fingerprint density at radius 1 is 1.36 bits per heavy atom. The van der Waals surface area contributed by atoms with Crippen LogP contribution < -0.4 is 9.47 Å². The van der Waals surface area contributed by atoms with Gasteiger partial charge in [-0.1, -0.05) is 0 Å². The summed E-state index contributed by atoms with van der Waals surface area (Å²) in [4.78, 5) is 0. The first-order valence-electron chi connectivity index (χ1n) is 4.55. The molecule has 2 aliphatic heterocycles. The number of rotatable bonds is 1. The van der Waals surface area contributed by atoms with Crippen LogP contribution in [0.4, 0.5) is 0 Å². The fourth-order valence-corrected chi connectivity index (χ4v) is 1.87. The molecule has 14 heavy (non-hydrogen) atoms. The molecule has 0 saturated heterocycles. The predicted octanol–water partition coefficient (Wildman–Crippen LogP) is 2.04. The zero-order chi connectivity index (χ0) is 9.54. The van der Waals surface area contributed by atoms with Gasteiger partial charge in [0.2, 0.25) is 0 Å². The van der Waals surface area contributed by atoms with Crippen molar-refractivity contribution in [3.63, 3.8) is 0 Å². The third kappa shape index (κ3) is 0.923. The lowest BCUT2D eigenvalue weighted by molar-refractivity contribution is 0.109. The van der Waals surface area contributed by atoms with E-state index < -0.39 is 0 Å². The second kappa shape index (κ2) is 2.67. The third-order valence-corrected chi connectivity index (χ3v) is 2.58. The maximum Gasteiger partial charge on any atom is 0.167 e. The molecule has 0 unspecified atom stereocenters. The molecule has 0 radical (unpaired) electrons. The SMILES string of the molecule is COc1ccc2c(c1)[C@H]1OC=C[C@H]1O2. The Morgan fingerprint density at radius 2 is 2.29 bits per heavy atom. The maximum absolute atomic E-state index is 5.66. The molecule has 0 saturated carbocycles. The van der Waals surface area contributed by atoms with Gasteiger partial charge in [-0.05, 0) is 24.3 Å². The minimum atomic E-state index is 0.0140. The molecule has 2 aliphatic rings. The lowest BCUT2D eigenvalue weighted by Gasteiger charge is -2.07. The summed E-state index contributed by atoms with van der Waals surface area (Å²) in [5.74, 6) is 1.73. The van der Waals surface area contributed by atoms with Gasteiger partial charge >= 0.3 is 0 Å². The van der Waals surface area contributed by atoms with Crippen LogP contribution in [0.15, 0.2) is 30.5 Å². The van der Waals surface area contributed by atoms with Gasteiger partial charge in [0.15, 0.2) is 12.2 Å². The summed E-state index contributed by atoms with van der Waals surface area (Å²) >= 11 is 0. The average Bonchev–Trinajstić information content (AvgIpc) is 2.76. The van der Waals surface area contributed by atoms with Gasteiger partial charge in [0, 0.05) is 5.56 Å². The molecule has 0 N–H and O–H groups in total. The summed E-state index contributed by atoms with van der Waals surface area (Å²) in [6.07, 6.45) is 3.67. The molecule has 3 nitrogen and oxygen atoms in total. The van der Waals surface area contributed by atoms with Gasteiger partial charge in [-0.25, -0.2) is 0 Å². The molecule has 1 aromatic rings. The molecule has 0 aliphatic carbocycles. The van der Waals surface area contributed by atoms with Crippen LogP contribution in [0.3, 0.4) is 0 Å². The van der Waals surface area contributed by atoms with E-state index in [0.29, 0.717) is 0 Å². The van der Waals surface area contributed by atoms with Crippen LogP contribution in [0.2, 0.25) is 0 Å². The van der Waals surface area contributed by atoms with E-state index >= 15 is 0 Å². The Balaban J connectivity index is 2.05. The molecule has 0 bridgehead atoms. The van der Waals surface area contributed by atoms with Gasteiger partial charge in [-0.3, -0.25) is 0 Å². The van der Waals surface area contributed by atoms with E-state index in [9.17, 15) is 0 Å². The molecule has 0 amide bonds. The van der Waals surface area contributed by atoms with Crippen LogP contribution >= 0.6 is 0 Å². The first-order valence-corrected chi connectivity index (χ1v) is 4.55. The summed E-state index contributed by atoms with van der Waals surface area (Å²) < 4.78 is 16.3. The molecule has 0 aromatic heterocycles. The predicted molar refractivity (Wildman–Crippen MR) is 50.4 cm³/mol. The maximum atomic E-state index is 5.66. The zero-order valence-corrected chi connectivity index (χ0v) is 7.77. The number of ether oxygens (including phenoxy) is 3. The summed E-state index contributed by atoms with van der Waals surface area (Å²) in [7, 11) is 1.66. The molecule has 72 valence electrons. The van der Waals surface area contributed by atoms with Crippen molar-refractivity contribution in [2.75, 3.05) is 7.11 Å². The first kappa shape index (κ1) is 7.74. The Morgan fingerprint density at radius 3 is 3.14 bits per heavy atom. The van der Waals surface area contributed by atoms with Crippen LogP contribution in [0.25, 0.3) is 0 Å². The van der Waals surface area contributed by atoms with Crippen LogP contribution in [0.1, 0.15) is 11.7 Å². The van der Waals surface area contributed by atoms with Crippen molar-refractivity contribution in [1.82, 2.24) is 0 Å². The Kier molecular flexibility index (Phi) is 1.48. The largest absolute Gasteiger partial charge is 0.497 e. The fourth-order valence-electron chi connectivity index (χ4n) is 1.87. The fraction of sp³-hybridized carbons (Fsp3) is 0.273. The average molecular weight is 190 g/mol. The minimum absolute atomic E-state index is 0.0140. The Hall–Kier alpha value is -1.64. The molecular weight excluding hydrogens is 180 g/mol. The minimum Gasteiger partial charge on any atom is -0.497 e. The highest BCUT2D eigenvalue weighted by molar-refractivity contribution is 5.46. The van der Waals surface area contributed by atoms with Crippen LogP contribution in [0, 0.1) is 0 Å². The first-order chi connectivity index (χ1) is 6.88. The van der Waals surface area contributed by atoms with Crippen LogP contribution in [-0.2, 0) is 4.74 Å². The monoisotopic (exact) mass is 190 g/mol. The van der Waals surface area contributed by atoms with Gasteiger partial charge < -0.3 is 14.2 Å². The number of benzene rings is 1. The van der Waals surface area contributed by atoms with E-state index in [1.165, 1.54) is 0 Å². The van der Waals surface area contributed by atoms with Crippen molar-refractivity contribution in [1.29, 1.82) is 0 Å². The van der Waals surface area contributed by atoms with Crippen molar-refractivity contribution < 1.29 is 14.2 Å². The molecule has 0 fully saturated rings. The summed E-state index contributed by atoms with van der Waals surface area (Å²) in [5, 5.41) is 0. The van der Waals surface area contributed by atoms with E-state index in [-0.39, 0.29) is 12.2 Å². The van der Waals surface area contributed by atoms with Gasteiger partial charge in [-0.2, -0.15) is 0 Å². The molecule has 3 heteroatoms. The lowest BCUT2D eigenvalue weighted by atomic mass is 10.1. The molecule has 2 atom stereocenters. The van der Waals surface area contributed by atoms with Crippen LogP contribution in [0.5, 0.6) is 11.5 Å². The van der Waals surface area contributed by atoms with Crippen molar-refractivity contribution >= 4 is 0 Å². The van der Waals surface area contributed by atoms with Crippen LogP contribution in [-0.4, -0.2) is 13.2 Å². The second-order valence-corrected chi connectivity index (χ2v) is 3.37. The Bertz CT molecular complexity index is 398. The molecule has 2 heterocycles.